The van der Waals surface area contributed by atoms with E-state index in [1.165, 1.54) is 0 Å². The third-order valence-electron chi connectivity index (χ3n) is 1.61. The predicted molar refractivity (Wildman–Crippen MR) is 44.0 cm³/mol. The van der Waals surface area contributed by atoms with Gasteiger partial charge in [-0.2, -0.15) is 0 Å². The van der Waals surface area contributed by atoms with Crippen LogP contribution in [0.5, 0.6) is 0 Å². The lowest BCUT2D eigenvalue weighted by molar-refractivity contribution is 0.173. The lowest BCUT2D eigenvalue weighted by Crippen LogP contribution is -2.35. The highest BCUT2D eigenvalue weighted by Gasteiger charge is 2.10. The number of aliphatic hydroxyl groups excluding tert-OH is 1. The standard InChI is InChI=1S/C8H17NO/c1-4-6-8(10)7(5-2)9-3/h4,6-10H,5H2,1-3H3/b6-4+. The number of hydrogen-bond donors (Lipinski definition) is 2. The summed E-state index contributed by atoms with van der Waals surface area (Å²) in [5, 5.41) is 12.4. The zero-order valence-electron chi connectivity index (χ0n) is 6.96. The Morgan fingerprint density at radius 3 is 2.50 bits per heavy atom. The van der Waals surface area contributed by atoms with Crippen molar-refractivity contribution < 1.29 is 5.11 Å². The van der Waals surface area contributed by atoms with Crippen LogP contribution in [0, 0.1) is 0 Å². The Morgan fingerprint density at radius 2 is 2.20 bits per heavy atom. The van der Waals surface area contributed by atoms with Crippen molar-refractivity contribution in [2.24, 2.45) is 0 Å². The lowest BCUT2D eigenvalue weighted by atomic mass is 10.1. The van der Waals surface area contributed by atoms with Gasteiger partial charge in [0, 0.05) is 6.04 Å². The van der Waals surface area contributed by atoms with Crippen LogP contribution in [0.4, 0.5) is 0 Å². The largest absolute Gasteiger partial charge is 0.387 e. The van der Waals surface area contributed by atoms with Crippen LogP contribution < -0.4 is 5.32 Å². The van der Waals surface area contributed by atoms with Crippen LogP contribution in [-0.4, -0.2) is 24.3 Å². The molecule has 0 saturated carbocycles. The third kappa shape index (κ3) is 2.99. The van der Waals surface area contributed by atoms with E-state index in [-0.39, 0.29) is 12.1 Å². The summed E-state index contributed by atoms with van der Waals surface area (Å²) >= 11 is 0. The number of nitrogens with one attached hydrogen (secondary N) is 1. The second kappa shape index (κ2) is 5.45. The second-order valence-corrected chi connectivity index (χ2v) is 2.32. The maximum Gasteiger partial charge on any atom is 0.0873 e. The molecule has 0 aliphatic carbocycles. The summed E-state index contributed by atoms with van der Waals surface area (Å²) in [5.41, 5.74) is 0. The van der Waals surface area contributed by atoms with Gasteiger partial charge >= 0.3 is 0 Å². The molecule has 0 aromatic rings. The van der Waals surface area contributed by atoms with Crippen LogP contribution in [0.25, 0.3) is 0 Å². The van der Waals surface area contributed by atoms with Crippen molar-refractivity contribution in [3.63, 3.8) is 0 Å². The first-order chi connectivity index (χ1) is 4.76. The fraction of sp³-hybridized carbons (Fsp3) is 0.750. The van der Waals surface area contributed by atoms with E-state index >= 15 is 0 Å². The summed E-state index contributed by atoms with van der Waals surface area (Å²) in [4.78, 5) is 0. The van der Waals surface area contributed by atoms with Crippen LogP contribution in [0.2, 0.25) is 0 Å². The monoisotopic (exact) mass is 143 g/mol. The van der Waals surface area contributed by atoms with E-state index in [9.17, 15) is 5.11 Å². The smallest absolute Gasteiger partial charge is 0.0873 e. The van der Waals surface area contributed by atoms with Crippen molar-refractivity contribution in [3.8, 4) is 0 Å². The van der Waals surface area contributed by atoms with E-state index in [0.717, 1.165) is 6.42 Å². The van der Waals surface area contributed by atoms with Gasteiger partial charge in [-0.1, -0.05) is 19.1 Å². The molecule has 2 nitrogen and oxygen atoms in total. The molecule has 0 radical (unpaired) electrons. The minimum absolute atomic E-state index is 0.191. The van der Waals surface area contributed by atoms with Gasteiger partial charge in [-0.3, -0.25) is 0 Å². The van der Waals surface area contributed by atoms with Gasteiger partial charge in [-0.05, 0) is 20.4 Å². The lowest BCUT2D eigenvalue weighted by Gasteiger charge is -2.17. The zero-order valence-corrected chi connectivity index (χ0v) is 6.96. The molecule has 0 aromatic heterocycles. The normalized spacial score (nSPS) is 17.6. The quantitative estimate of drug-likeness (QED) is 0.574. The molecule has 0 aliphatic rings. The van der Waals surface area contributed by atoms with Gasteiger partial charge < -0.3 is 10.4 Å². The van der Waals surface area contributed by atoms with Crippen molar-refractivity contribution in [1.82, 2.24) is 5.32 Å². The van der Waals surface area contributed by atoms with Gasteiger partial charge in [0.1, 0.15) is 0 Å². The molecule has 2 unspecified atom stereocenters. The van der Waals surface area contributed by atoms with E-state index in [4.69, 9.17) is 0 Å². The van der Waals surface area contributed by atoms with Crippen molar-refractivity contribution >= 4 is 0 Å². The third-order valence-corrected chi connectivity index (χ3v) is 1.61. The van der Waals surface area contributed by atoms with E-state index in [2.05, 4.69) is 5.32 Å². The molecule has 2 N–H and O–H groups in total. The summed E-state index contributed by atoms with van der Waals surface area (Å²) in [7, 11) is 1.86. The van der Waals surface area contributed by atoms with Gasteiger partial charge in [0.2, 0.25) is 0 Å². The first kappa shape index (κ1) is 9.66. The molecule has 0 aromatic carbocycles. The van der Waals surface area contributed by atoms with Crippen LogP contribution in [0.1, 0.15) is 20.3 Å². The summed E-state index contributed by atoms with van der Waals surface area (Å²) < 4.78 is 0. The number of aliphatic hydroxyl groups is 1. The summed E-state index contributed by atoms with van der Waals surface area (Å²) in [5.74, 6) is 0. The van der Waals surface area contributed by atoms with Crippen LogP contribution in [0.15, 0.2) is 12.2 Å². The molecule has 2 atom stereocenters. The van der Waals surface area contributed by atoms with E-state index < -0.39 is 0 Å². The van der Waals surface area contributed by atoms with Gasteiger partial charge in [0.25, 0.3) is 0 Å². The predicted octanol–water partition coefficient (Wildman–Crippen LogP) is 0.921. The highest BCUT2D eigenvalue weighted by molar-refractivity contribution is 4.91. The first-order valence-electron chi connectivity index (χ1n) is 3.74. The molecule has 0 bridgehead atoms. The van der Waals surface area contributed by atoms with Crippen molar-refractivity contribution in [1.29, 1.82) is 0 Å². The highest BCUT2D eigenvalue weighted by atomic mass is 16.3. The SMILES string of the molecule is C/C=C/C(O)C(CC)NC. The van der Waals surface area contributed by atoms with E-state index in [1.54, 1.807) is 6.08 Å². The fourth-order valence-corrected chi connectivity index (χ4v) is 0.948. The number of hydrogen-bond acceptors (Lipinski definition) is 2. The Kier molecular flexibility index (Phi) is 5.26. The van der Waals surface area contributed by atoms with Crippen LogP contribution in [-0.2, 0) is 0 Å². The number of likely N-dealkylation sites (N-methyl/N-ethyl adjacent to an activating group) is 1. The van der Waals surface area contributed by atoms with E-state index in [0.29, 0.717) is 0 Å². The van der Waals surface area contributed by atoms with Crippen LogP contribution in [0.3, 0.4) is 0 Å². The summed E-state index contributed by atoms with van der Waals surface area (Å²) in [6.45, 7) is 3.96. The van der Waals surface area contributed by atoms with Crippen molar-refractivity contribution in [2.75, 3.05) is 7.05 Å². The van der Waals surface area contributed by atoms with Gasteiger partial charge in [0.05, 0.1) is 6.10 Å². The minimum Gasteiger partial charge on any atom is -0.387 e. The second-order valence-electron chi connectivity index (χ2n) is 2.32. The van der Waals surface area contributed by atoms with Gasteiger partial charge in [0.15, 0.2) is 0 Å². The Hall–Kier alpha value is -0.340. The maximum atomic E-state index is 9.36. The average molecular weight is 143 g/mol. The first-order valence-corrected chi connectivity index (χ1v) is 3.74. The molecular formula is C8H17NO. The zero-order chi connectivity index (χ0) is 7.98. The summed E-state index contributed by atoms with van der Waals surface area (Å²) in [6.07, 6.45) is 4.26. The van der Waals surface area contributed by atoms with Crippen molar-refractivity contribution in [2.45, 2.75) is 32.4 Å². The minimum atomic E-state index is -0.347. The molecule has 60 valence electrons. The fourth-order valence-electron chi connectivity index (χ4n) is 0.948. The molecule has 0 saturated heterocycles. The molecule has 0 heterocycles. The Balaban J connectivity index is 3.75. The molecule has 10 heavy (non-hydrogen) atoms. The average Bonchev–Trinajstić information content (AvgIpc) is 1.91. The number of rotatable bonds is 4. The molecule has 0 rings (SSSR count). The molecule has 0 aliphatic heterocycles. The van der Waals surface area contributed by atoms with Crippen molar-refractivity contribution in [3.05, 3.63) is 12.2 Å². The molecule has 0 amide bonds. The topological polar surface area (TPSA) is 32.3 Å². The summed E-state index contributed by atoms with van der Waals surface area (Å²) in [6, 6.07) is 0.191. The van der Waals surface area contributed by atoms with Gasteiger partial charge in [-0.25, -0.2) is 0 Å². The number of allylic oxidation sites excluding steroid dienone is 1. The Bertz CT molecular complexity index is 97.4. The Morgan fingerprint density at radius 1 is 1.60 bits per heavy atom. The highest BCUT2D eigenvalue weighted by Crippen LogP contribution is 1.98. The maximum absolute atomic E-state index is 9.36. The van der Waals surface area contributed by atoms with E-state index in [1.807, 2.05) is 27.0 Å². The van der Waals surface area contributed by atoms with Crippen LogP contribution >= 0.6 is 0 Å². The molecule has 2 heteroatoms. The molecule has 0 fully saturated rings. The van der Waals surface area contributed by atoms with Gasteiger partial charge in [-0.15, -0.1) is 0 Å². The molecule has 0 spiro atoms. The Labute approximate surface area is 62.9 Å². The molecular weight excluding hydrogens is 126 g/mol.